The average molecular weight is 465 g/mol. The number of hydrogen-bond acceptors (Lipinski definition) is 7. The maximum absolute atomic E-state index is 14.8. The number of nitrogens with zero attached hydrogens (tertiary/aromatic N) is 5. The van der Waals surface area contributed by atoms with E-state index < -0.39 is 5.82 Å². The fourth-order valence-electron chi connectivity index (χ4n) is 3.88. The Morgan fingerprint density at radius 3 is 2.76 bits per heavy atom. The zero-order valence-electron chi connectivity index (χ0n) is 18.3. The molecule has 0 bridgehead atoms. The molecule has 1 aromatic carbocycles. The highest BCUT2D eigenvalue weighted by atomic mass is 32.2. The van der Waals surface area contributed by atoms with Gasteiger partial charge in [-0.05, 0) is 63.3 Å². The van der Waals surface area contributed by atoms with E-state index in [1.54, 1.807) is 30.6 Å². The molecule has 0 spiro atoms. The van der Waals surface area contributed by atoms with E-state index in [9.17, 15) is 4.39 Å². The van der Waals surface area contributed by atoms with Crippen molar-refractivity contribution in [1.29, 1.82) is 0 Å². The number of benzene rings is 1. The van der Waals surface area contributed by atoms with Gasteiger partial charge in [0.2, 0.25) is 0 Å². The van der Waals surface area contributed by atoms with E-state index >= 15 is 0 Å². The highest BCUT2D eigenvalue weighted by molar-refractivity contribution is 7.99. The van der Waals surface area contributed by atoms with E-state index in [4.69, 9.17) is 10.1 Å². The Balaban J connectivity index is 1.33. The predicted octanol–water partition coefficient (Wildman–Crippen LogP) is 4.38. The number of hydrogen-bond donors (Lipinski definition) is 2. The van der Waals surface area contributed by atoms with Crippen molar-refractivity contribution in [1.82, 2.24) is 24.6 Å². The van der Waals surface area contributed by atoms with Gasteiger partial charge in [-0.2, -0.15) is 5.10 Å². The summed E-state index contributed by atoms with van der Waals surface area (Å²) < 4.78 is 16.3. The van der Waals surface area contributed by atoms with E-state index in [1.165, 1.54) is 23.6 Å². The lowest BCUT2D eigenvalue weighted by molar-refractivity contribution is 0.276. The van der Waals surface area contributed by atoms with E-state index in [0.29, 0.717) is 28.1 Å². The summed E-state index contributed by atoms with van der Waals surface area (Å²) in [5.41, 5.74) is 2.24. The monoisotopic (exact) mass is 464 g/mol. The second kappa shape index (κ2) is 9.46. The van der Waals surface area contributed by atoms with Crippen LogP contribution in [-0.4, -0.2) is 55.1 Å². The SMILES string of the molecule is CN1CCC(Sc2ccc3cnc(Nc4ccc(-n5ccc(CO)n5)cc4F)cc3n2)CC1. The Bertz CT molecular complexity index is 1270. The predicted molar refractivity (Wildman–Crippen MR) is 129 cm³/mol. The molecule has 1 fully saturated rings. The third-order valence-corrected chi connectivity index (χ3v) is 7.06. The van der Waals surface area contributed by atoms with Gasteiger partial charge in [-0.25, -0.2) is 19.0 Å². The Kier molecular flexibility index (Phi) is 6.26. The molecule has 170 valence electrons. The molecule has 3 aromatic heterocycles. The van der Waals surface area contributed by atoms with Gasteiger partial charge in [-0.1, -0.05) is 0 Å². The summed E-state index contributed by atoms with van der Waals surface area (Å²) in [6.45, 7) is 2.09. The Morgan fingerprint density at radius 1 is 1.15 bits per heavy atom. The van der Waals surface area contributed by atoms with Gasteiger partial charge < -0.3 is 15.3 Å². The lowest BCUT2D eigenvalue weighted by Gasteiger charge is -2.28. The number of anilines is 2. The van der Waals surface area contributed by atoms with Gasteiger partial charge in [0, 0.05) is 35.2 Å². The quantitative estimate of drug-likeness (QED) is 0.438. The van der Waals surface area contributed by atoms with E-state index in [1.807, 2.05) is 23.9 Å². The zero-order chi connectivity index (χ0) is 22.8. The van der Waals surface area contributed by atoms with Crippen LogP contribution in [0, 0.1) is 5.82 Å². The minimum absolute atomic E-state index is 0.158. The number of nitrogens with one attached hydrogen (secondary N) is 1. The normalized spacial score (nSPS) is 15.2. The van der Waals surface area contributed by atoms with Crippen molar-refractivity contribution in [3.05, 3.63) is 66.4 Å². The van der Waals surface area contributed by atoms with E-state index in [2.05, 4.69) is 33.4 Å². The first kappa shape index (κ1) is 21.8. The average Bonchev–Trinajstić information content (AvgIpc) is 3.31. The first-order chi connectivity index (χ1) is 16.1. The molecule has 1 aliphatic rings. The molecule has 4 aromatic rings. The fraction of sp³-hybridized carbons (Fsp3) is 0.292. The second-order valence-corrected chi connectivity index (χ2v) is 9.55. The van der Waals surface area contributed by atoms with Crippen molar-refractivity contribution in [2.75, 3.05) is 25.5 Å². The van der Waals surface area contributed by atoms with Crippen LogP contribution >= 0.6 is 11.8 Å². The minimum Gasteiger partial charge on any atom is -0.390 e. The van der Waals surface area contributed by atoms with Crippen molar-refractivity contribution in [3.8, 4) is 5.69 Å². The molecule has 2 N–H and O–H groups in total. The van der Waals surface area contributed by atoms with Crippen LogP contribution in [0.3, 0.4) is 0 Å². The van der Waals surface area contributed by atoms with Gasteiger partial charge in [0.1, 0.15) is 11.6 Å². The first-order valence-electron chi connectivity index (χ1n) is 10.9. The number of pyridine rings is 2. The molecule has 0 aliphatic carbocycles. The fourth-order valence-corrected chi connectivity index (χ4v) is 4.97. The van der Waals surface area contributed by atoms with Gasteiger partial charge in [0.15, 0.2) is 0 Å². The van der Waals surface area contributed by atoms with Gasteiger partial charge in [0.25, 0.3) is 0 Å². The first-order valence-corrected chi connectivity index (χ1v) is 11.8. The largest absolute Gasteiger partial charge is 0.390 e. The van der Waals surface area contributed by atoms with Gasteiger partial charge >= 0.3 is 0 Å². The molecule has 0 amide bonds. The van der Waals surface area contributed by atoms with E-state index in [-0.39, 0.29) is 6.61 Å². The number of piperidine rings is 1. The molecule has 0 radical (unpaired) electrons. The minimum atomic E-state index is -0.421. The summed E-state index contributed by atoms with van der Waals surface area (Å²) >= 11 is 1.83. The van der Waals surface area contributed by atoms with Crippen LogP contribution in [0.25, 0.3) is 16.6 Å². The standard InChI is InChI=1S/C24H25FN6OS/c1-30-9-7-19(8-10-30)33-24-5-2-16-14-26-23(13-22(16)28-24)27-21-4-3-18(12-20(21)25)31-11-6-17(15-32)29-31/h2-6,11-14,19,32H,7-10,15H2,1H3,(H,26,27). The number of fused-ring (bicyclic) bond motifs is 1. The van der Waals surface area contributed by atoms with Gasteiger partial charge in [-0.3, -0.25) is 0 Å². The lowest BCUT2D eigenvalue weighted by Crippen LogP contribution is -2.31. The van der Waals surface area contributed by atoms with Gasteiger partial charge in [0.05, 0.1) is 34.2 Å². The molecule has 4 heterocycles. The summed E-state index contributed by atoms with van der Waals surface area (Å²) in [4.78, 5) is 11.6. The number of halogens is 1. The Morgan fingerprint density at radius 2 is 2.00 bits per heavy atom. The van der Waals surface area contributed by atoms with Crippen LogP contribution in [0.4, 0.5) is 15.9 Å². The molecule has 0 unspecified atom stereocenters. The summed E-state index contributed by atoms with van der Waals surface area (Å²) in [5.74, 6) is 0.111. The third-order valence-electron chi connectivity index (χ3n) is 5.79. The maximum Gasteiger partial charge on any atom is 0.148 e. The number of rotatable bonds is 6. The molecule has 33 heavy (non-hydrogen) atoms. The molecule has 1 aliphatic heterocycles. The van der Waals surface area contributed by atoms with Crippen molar-refractivity contribution in [2.45, 2.75) is 29.7 Å². The summed E-state index contributed by atoms with van der Waals surface area (Å²) in [7, 11) is 2.16. The molecular weight excluding hydrogens is 439 g/mol. The Hall–Kier alpha value is -3.01. The smallest absolute Gasteiger partial charge is 0.148 e. The van der Waals surface area contributed by atoms with Crippen LogP contribution in [0.5, 0.6) is 0 Å². The summed E-state index contributed by atoms with van der Waals surface area (Å²) in [6.07, 6.45) is 5.77. The number of aliphatic hydroxyl groups is 1. The summed E-state index contributed by atoms with van der Waals surface area (Å²) in [5, 5.41) is 19.0. The van der Waals surface area contributed by atoms with Crippen LogP contribution in [0.15, 0.2) is 59.9 Å². The number of aliphatic hydroxyl groups excluding tert-OH is 1. The van der Waals surface area contributed by atoms with Crippen molar-refractivity contribution < 1.29 is 9.50 Å². The van der Waals surface area contributed by atoms with Gasteiger partial charge in [-0.15, -0.1) is 11.8 Å². The third kappa shape index (κ3) is 5.00. The highest BCUT2D eigenvalue weighted by Crippen LogP contribution is 2.30. The number of likely N-dealkylation sites (tertiary alicyclic amines) is 1. The van der Waals surface area contributed by atoms with E-state index in [0.717, 1.165) is 29.0 Å². The molecule has 0 saturated carbocycles. The van der Waals surface area contributed by atoms with Crippen LogP contribution in [-0.2, 0) is 6.61 Å². The topological polar surface area (TPSA) is 79.1 Å². The molecular formula is C24H25FN6OS. The summed E-state index contributed by atoms with van der Waals surface area (Å²) in [6, 6.07) is 12.4. The zero-order valence-corrected chi connectivity index (χ0v) is 19.1. The Labute approximate surface area is 195 Å². The van der Waals surface area contributed by atoms with Crippen molar-refractivity contribution in [3.63, 3.8) is 0 Å². The van der Waals surface area contributed by atoms with Crippen molar-refractivity contribution >= 4 is 34.2 Å². The lowest BCUT2D eigenvalue weighted by atomic mass is 10.1. The molecule has 0 atom stereocenters. The molecule has 7 nitrogen and oxygen atoms in total. The molecule has 5 rings (SSSR count). The number of thioether (sulfide) groups is 1. The highest BCUT2D eigenvalue weighted by Gasteiger charge is 2.18. The maximum atomic E-state index is 14.8. The van der Waals surface area contributed by atoms with Crippen LogP contribution < -0.4 is 5.32 Å². The number of aromatic nitrogens is 4. The molecule has 9 heteroatoms. The van der Waals surface area contributed by atoms with Crippen molar-refractivity contribution in [2.24, 2.45) is 0 Å². The molecule has 1 saturated heterocycles. The second-order valence-electron chi connectivity index (χ2n) is 8.23. The van der Waals surface area contributed by atoms with Crippen LogP contribution in [0.1, 0.15) is 18.5 Å². The van der Waals surface area contributed by atoms with Crippen LogP contribution in [0.2, 0.25) is 0 Å².